The zero-order valence-corrected chi connectivity index (χ0v) is 16.2. The number of sulfonamides is 1. The first kappa shape index (κ1) is 17.5. The monoisotopic (exact) mass is 397 g/mol. The van der Waals surface area contributed by atoms with Crippen LogP contribution in [0.3, 0.4) is 0 Å². The van der Waals surface area contributed by atoms with Crippen LogP contribution in [-0.2, 0) is 16.4 Å². The zero-order valence-electron chi connectivity index (χ0n) is 13.0. The third-order valence-electron chi connectivity index (χ3n) is 3.51. The highest BCUT2D eigenvalue weighted by Gasteiger charge is 2.19. The molecular weight excluding hydrogens is 382 g/mol. The van der Waals surface area contributed by atoms with Crippen molar-refractivity contribution in [2.24, 2.45) is 0 Å². The van der Waals surface area contributed by atoms with E-state index in [1.807, 2.05) is 29.0 Å². The van der Waals surface area contributed by atoms with Gasteiger partial charge in [-0.1, -0.05) is 37.1 Å². The summed E-state index contributed by atoms with van der Waals surface area (Å²) in [5.74, 6) is 0. The van der Waals surface area contributed by atoms with Crippen LogP contribution in [0, 0.1) is 0 Å². The van der Waals surface area contributed by atoms with Gasteiger partial charge in [0.05, 0.1) is 25.4 Å². The lowest BCUT2D eigenvalue weighted by Gasteiger charge is -2.09. The first-order chi connectivity index (χ1) is 11.5. The highest BCUT2D eigenvalue weighted by atomic mass is 35.5. The van der Waals surface area contributed by atoms with Crippen LogP contribution < -0.4 is 4.72 Å². The molecule has 1 aromatic carbocycles. The Bertz CT molecular complexity index is 927. The first-order valence-electron chi connectivity index (χ1n) is 7.44. The molecule has 0 fully saturated rings. The maximum atomic E-state index is 12.6. The SMILES string of the molecule is CCCc1ccc(S(=O)(=O)Nc2ccsc2-c2sccc2Cl)cc1. The van der Waals surface area contributed by atoms with E-state index in [0.717, 1.165) is 28.2 Å². The second-order valence-corrected chi connectivity index (χ2v) is 9.18. The molecule has 126 valence electrons. The minimum Gasteiger partial charge on any atom is -0.278 e. The number of thiophene rings is 2. The lowest BCUT2D eigenvalue weighted by atomic mass is 10.1. The standard InChI is InChI=1S/C17H16ClNO2S3/c1-2-3-12-4-6-13(7-5-12)24(20,21)19-15-9-11-23-17(15)16-14(18)8-10-22-16/h4-11,19H,2-3H2,1H3. The van der Waals surface area contributed by atoms with E-state index in [9.17, 15) is 8.42 Å². The van der Waals surface area contributed by atoms with E-state index in [0.29, 0.717) is 10.7 Å². The molecule has 2 aromatic heterocycles. The molecule has 0 radical (unpaired) electrons. The van der Waals surface area contributed by atoms with Gasteiger partial charge < -0.3 is 0 Å². The topological polar surface area (TPSA) is 46.2 Å². The summed E-state index contributed by atoms with van der Waals surface area (Å²) in [6.07, 6.45) is 1.98. The predicted octanol–water partition coefficient (Wildman–Crippen LogP) is 5.88. The Morgan fingerprint density at radius 1 is 1.00 bits per heavy atom. The van der Waals surface area contributed by atoms with Gasteiger partial charge in [0.2, 0.25) is 0 Å². The molecule has 2 heterocycles. The largest absolute Gasteiger partial charge is 0.278 e. The van der Waals surface area contributed by atoms with Crippen LogP contribution >= 0.6 is 34.3 Å². The Balaban J connectivity index is 1.88. The molecule has 0 bridgehead atoms. The van der Waals surface area contributed by atoms with Crippen LogP contribution in [0.2, 0.25) is 5.02 Å². The number of hydrogen-bond donors (Lipinski definition) is 1. The third-order valence-corrected chi connectivity index (χ3v) is 7.31. The lowest BCUT2D eigenvalue weighted by molar-refractivity contribution is 0.601. The molecule has 3 aromatic rings. The third kappa shape index (κ3) is 3.67. The molecule has 0 aliphatic heterocycles. The maximum absolute atomic E-state index is 12.6. The van der Waals surface area contributed by atoms with Crippen molar-refractivity contribution in [3.8, 4) is 9.75 Å². The average molecular weight is 398 g/mol. The summed E-state index contributed by atoms with van der Waals surface area (Å²) in [7, 11) is -3.62. The Hall–Kier alpha value is -1.34. The van der Waals surface area contributed by atoms with E-state index in [4.69, 9.17) is 11.6 Å². The van der Waals surface area contributed by atoms with Gasteiger partial charge in [-0.05, 0) is 47.0 Å². The highest BCUT2D eigenvalue weighted by molar-refractivity contribution is 7.92. The molecule has 1 N–H and O–H groups in total. The number of aryl methyl sites for hydroxylation is 1. The van der Waals surface area contributed by atoms with Crippen LogP contribution in [0.4, 0.5) is 5.69 Å². The smallest absolute Gasteiger partial charge is 0.261 e. The van der Waals surface area contributed by atoms with Crippen molar-refractivity contribution in [1.82, 2.24) is 0 Å². The molecule has 0 atom stereocenters. The summed E-state index contributed by atoms with van der Waals surface area (Å²) in [6, 6.07) is 10.6. The molecule has 0 saturated carbocycles. The minimum absolute atomic E-state index is 0.261. The van der Waals surface area contributed by atoms with Crippen LogP contribution in [0.15, 0.2) is 52.1 Å². The second kappa shape index (κ2) is 7.27. The minimum atomic E-state index is -3.62. The molecule has 3 nitrogen and oxygen atoms in total. The van der Waals surface area contributed by atoms with Gasteiger partial charge in [0.15, 0.2) is 0 Å². The molecule has 7 heteroatoms. The molecule has 0 amide bonds. The fourth-order valence-corrected chi connectivity index (χ4v) is 5.74. The van der Waals surface area contributed by atoms with Crippen molar-refractivity contribution in [1.29, 1.82) is 0 Å². The summed E-state index contributed by atoms with van der Waals surface area (Å²) >= 11 is 9.14. The van der Waals surface area contributed by atoms with Crippen LogP contribution in [0.25, 0.3) is 9.75 Å². The van der Waals surface area contributed by atoms with Crippen LogP contribution in [-0.4, -0.2) is 8.42 Å². The number of halogens is 1. The van der Waals surface area contributed by atoms with E-state index in [2.05, 4.69) is 11.6 Å². The van der Waals surface area contributed by atoms with Crippen molar-refractivity contribution in [3.63, 3.8) is 0 Å². The quantitative estimate of drug-likeness (QED) is 0.564. The molecule has 24 heavy (non-hydrogen) atoms. The fraction of sp³-hybridized carbons (Fsp3) is 0.176. The van der Waals surface area contributed by atoms with Gasteiger partial charge in [0.1, 0.15) is 0 Å². The number of nitrogens with one attached hydrogen (secondary N) is 1. The van der Waals surface area contributed by atoms with E-state index in [1.165, 1.54) is 22.7 Å². The Morgan fingerprint density at radius 2 is 1.67 bits per heavy atom. The van der Waals surface area contributed by atoms with Gasteiger partial charge in [-0.25, -0.2) is 8.42 Å². The Labute approximate surface area is 155 Å². The fourth-order valence-electron chi connectivity index (χ4n) is 2.35. The summed E-state index contributed by atoms with van der Waals surface area (Å²) in [6.45, 7) is 2.10. The van der Waals surface area contributed by atoms with Crippen molar-refractivity contribution in [3.05, 3.63) is 57.7 Å². The van der Waals surface area contributed by atoms with Gasteiger partial charge in [0.25, 0.3) is 10.0 Å². The van der Waals surface area contributed by atoms with Gasteiger partial charge >= 0.3 is 0 Å². The number of rotatable bonds is 6. The molecule has 0 aliphatic carbocycles. The molecular formula is C17H16ClNO2S3. The van der Waals surface area contributed by atoms with Crippen LogP contribution in [0.5, 0.6) is 0 Å². The van der Waals surface area contributed by atoms with Crippen molar-refractivity contribution < 1.29 is 8.42 Å². The van der Waals surface area contributed by atoms with Gasteiger partial charge in [-0.2, -0.15) is 0 Å². The number of anilines is 1. The summed E-state index contributed by atoms with van der Waals surface area (Å²) in [5.41, 5.74) is 1.69. The van der Waals surface area contributed by atoms with E-state index in [1.54, 1.807) is 18.2 Å². The van der Waals surface area contributed by atoms with Crippen molar-refractivity contribution >= 4 is 50.0 Å². The van der Waals surface area contributed by atoms with Crippen LogP contribution in [0.1, 0.15) is 18.9 Å². The number of benzene rings is 1. The van der Waals surface area contributed by atoms with Gasteiger partial charge in [-0.15, -0.1) is 22.7 Å². The summed E-state index contributed by atoms with van der Waals surface area (Å²) in [4.78, 5) is 1.97. The molecule has 0 spiro atoms. The second-order valence-electron chi connectivity index (χ2n) is 5.26. The normalized spacial score (nSPS) is 11.6. The molecule has 0 unspecified atom stereocenters. The summed E-state index contributed by atoms with van der Waals surface area (Å²) in [5, 5.41) is 4.38. The highest BCUT2D eigenvalue weighted by Crippen LogP contribution is 2.41. The van der Waals surface area contributed by atoms with Gasteiger partial charge in [0, 0.05) is 0 Å². The Morgan fingerprint density at radius 3 is 2.29 bits per heavy atom. The van der Waals surface area contributed by atoms with Crippen molar-refractivity contribution in [2.45, 2.75) is 24.7 Å². The lowest BCUT2D eigenvalue weighted by Crippen LogP contribution is -2.12. The number of hydrogen-bond acceptors (Lipinski definition) is 4. The van der Waals surface area contributed by atoms with E-state index in [-0.39, 0.29) is 4.90 Å². The maximum Gasteiger partial charge on any atom is 0.261 e. The molecule has 0 aliphatic rings. The molecule has 3 rings (SSSR count). The van der Waals surface area contributed by atoms with E-state index >= 15 is 0 Å². The van der Waals surface area contributed by atoms with Crippen molar-refractivity contribution in [2.75, 3.05) is 4.72 Å². The Kier molecular flexibility index (Phi) is 5.30. The zero-order chi connectivity index (χ0) is 17.2. The first-order valence-corrected chi connectivity index (χ1v) is 11.1. The average Bonchev–Trinajstić information content (AvgIpc) is 3.16. The predicted molar refractivity (Wildman–Crippen MR) is 104 cm³/mol. The summed E-state index contributed by atoms with van der Waals surface area (Å²) < 4.78 is 28.0. The van der Waals surface area contributed by atoms with E-state index < -0.39 is 10.0 Å². The van der Waals surface area contributed by atoms with Gasteiger partial charge in [-0.3, -0.25) is 4.72 Å². The molecule has 0 saturated heterocycles.